The summed E-state index contributed by atoms with van der Waals surface area (Å²) in [6.45, 7) is 9.08. The Morgan fingerprint density at radius 1 is 1.50 bits per heavy atom. The largest absolute Gasteiger partial charge is 0.293 e. The molecule has 0 saturated heterocycles. The summed E-state index contributed by atoms with van der Waals surface area (Å²) in [5.74, 6) is 0. The van der Waals surface area contributed by atoms with E-state index in [1.807, 2.05) is 0 Å². The third kappa shape index (κ3) is 1.78. The molecule has 0 spiro atoms. The van der Waals surface area contributed by atoms with Gasteiger partial charge in [0.2, 0.25) is 0 Å². The minimum Gasteiger partial charge on any atom is -0.293 e. The monoisotopic (exact) mass is 194 g/mol. The molecule has 1 atom stereocenters. The molecule has 0 aromatic heterocycles. The van der Waals surface area contributed by atoms with Crippen LogP contribution in [0.25, 0.3) is 0 Å². The van der Waals surface area contributed by atoms with Gasteiger partial charge in [-0.05, 0) is 32.8 Å². The van der Waals surface area contributed by atoms with Gasteiger partial charge in [0.05, 0.1) is 20.1 Å². The van der Waals surface area contributed by atoms with Gasteiger partial charge < -0.3 is 0 Å². The standard InChI is InChI=1S/C13H24N/c1-7-8-10(2)13-11(3)9-12(4)14(13,5)6/h8,12H,7,9H2,1-6H3/q+1. The van der Waals surface area contributed by atoms with Crippen molar-refractivity contribution in [1.82, 2.24) is 0 Å². The van der Waals surface area contributed by atoms with Crippen LogP contribution in [-0.2, 0) is 0 Å². The van der Waals surface area contributed by atoms with Crippen LogP contribution in [0.5, 0.6) is 0 Å². The van der Waals surface area contributed by atoms with Gasteiger partial charge in [-0.3, -0.25) is 4.48 Å². The summed E-state index contributed by atoms with van der Waals surface area (Å²) in [6, 6.07) is 0.727. The van der Waals surface area contributed by atoms with Gasteiger partial charge in [0.15, 0.2) is 0 Å². The second kappa shape index (κ2) is 3.90. The molecule has 1 nitrogen and oxygen atoms in total. The lowest BCUT2D eigenvalue weighted by Crippen LogP contribution is -2.42. The summed E-state index contributed by atoms with van der Waals surface area (Å²) in [5.41, 5.74) is 4.60. The molecule has 0 fully saturated rings. The van der Waals surface area contributed by atoms with E-state index >= 15 is 0 Å². The van der Waals surface area contributed by atoms with Crippen LogP contribution in [0.4, 0.5) is 0 Å². The van der Waals surface area contributed by atoms with Gasteiger partial charge in [-0.15, -0.1) is 0 Å². The molecule has 0 amide bonds. The van der Waals surface area contributed by atoms with Gasteiger partial charge in [0.1, 0.15) is 5.70 Å². The first kappa shape index (κ1) is 11.5. The number of nitrogens with zero attached hydrogens (tertiary/aromatic N) is 1. The molecule has 1 aliphatic heterocycles. The Labute approximate surface area is 88.7 Å². The summed E-state index contributed by atoms with van der Waals surface area (Å²) in [7, 11) is 4.65. The van der Waals surface area contributed by atoms with E-state index in [-0.39, 0.29) is 0 Å². The van der Waals surface area contributed by atoms with E-state index in [1.54, 1.807) is 11.3 Å². The first-order chi connectivity index (χ1) is 6.41. The van der Waals surface area contributed by atoms with Crippen molar-refractivity contribution in [3.8, 4) is 0 Å². The van der Waals surface area contributed by atoms with Crippen molar-refractivity contribution in [3.63, 3.8) is 0 Å². The van der Waals surface area contributed by atoms with Crippen LogP contribution in [0.1, 0.15) is 40.5 Å². The molecular formula is C13H24N+. The number of hydrogen-bond donors (Lipinski definition) is 0. The minimum absolute atomic E-state index is 0.727. The first-order valence-corrected chi connectivity index (χ1v) is 5.62. The number of quaternary nitrogens is 1. The molecule has 80 valence electrons. The van der Waals surface area contributed by atoms with Gasteiger partial charge in [0, 0.05) is 12.0 Å². The highest BCUT2D eigenvalue weighted by Crippen LogP contribution is 2.36. The topological polar surface area (TPSA) is 0 Å². The first-order valence-electron chi connectivity index (χ1n) is 5.62. The van der Waals surface area contributed by atoms with E-state index in [2.05, 4.69) is 47.9 Å². The molecule has 14 heavy (non-hydrogen) atoms. The third-order valence-corrected chi connectivity index (χ3v) is 3.57. The van der Waals surface area contributed by atoms with E-state index in [1.165, 1.54) is 12.0 Å². The zero-order chi connectivity index (χ0) is 10.9. The van der Waals surface area contributed by atoms with Crippen LogP contribution in [0, 0.1) is 0 Å². The van der Waals surface area contributed by atoms with Crippen molar-refractivity contribution in [2.24, 2.45) is 0 Å². The second-order valence-corrected chi connectivity index (χ2v) is 5.02. The number of hydrogen-bond acceptors (Lipinski definition) is 0. The highest BCUT2D eigenvalue weighted by Gasteiger charge is 2.38. The van der Waals surface area contributed by atoms with Crippen molar-refractivity contribution in [2.75, 3.05) is 14.1 Å². The Kier molecular flexibility index (Phi) is 3.20. The summed E-state index contributed by atoms with van der Waals surface area (Å²) >= 11 is 0. The predicted molar refractivity (Wildman–Crippen MR) is 62.9 cm³/mol. The smallest absolute Gasteiger partial charge is 0.134 e. The van der Waals surface area contributed by atoms with E-state index in [9.17, 15) is 0 Å². The molecule has 0 N–H and O–H groups in total. The van der Waals surface area contributed by atoms with Crippen LogP contribution in [0.15, 0.2) is 22.9 Å². The fraction of sp³-hybridized carbons (Fsp3) is 0.692. The normalized spacial score (nSPS) is 27.3. The average Bonchev–Trinajstić information content (AvgIpc) is 2.22. The Hall–Kier alpha value is -0.560. The molecular weight excluding hydrogens is 170 g/mol. The lowest BCUT2D eigenvalue weighted by molar-refractivity contribution is -0.867. The van der Waals surface area contributed by atoms with E-state index in [0.29, 0.717) is 0 Å². The number of allylic oxidation sites excluding steroid dienone is 2. The third-order valence-electron chi connectivity index (χ3n) is 3.57. The SMILES string of the molecule is CCC=C(C)C1=C(C)CC(C)[N+]1(C)C. The number of rotatable bonds is 2. The van der Waals surface area contributed by atoms with Crippen LogP contribution < -0.4 is 0 Å². The maximum absolute atomic E-state index is 2.34. The molecule has 0 bridgehead atoms. The molecule has 1 heterocycles. The van der Waals surface area contributed by atoms with Crippen LogP contribution in [0.3, 0.4) is 0 Å². The Bertz CT molecular complexity index is 282. The molecule has 1 unspecified atom stereocenters. The lowest BCUT2D eigenvalue weighted by atomic mass is 10.1. The van der Waals surface area contributed by atoms with Crippen LogP contribution in [-0.4, -0.2) is 24.6 Å². The molecule has 0 aromatic rings. The zero-order valence-electron chi connectivity index (χ0n) is 10.5. The van der Waals surface area contributed by atoms with Gasteiger partial charge in [0.25, 0.3) is 0 Å². The molecule has 0 saturated carbocycles. The van der Waals surface area contributed by atoms with Crippen molar-refractivity contribution in [2.45, 2.75) is 46.6 Å². The van der Waals surface area contributed by atoms with E-state index in [0.717, 1.165) is 16.9 Å². The van der Waals surface area contributed by atoms with Crippen molar-refractivity contribution in [3.05, 3.63) is 22.9 Å². The maximum atomic E-state index is 2.34. The minimum atomic E-state index is 0.727. The predicted octanol–water partition coefficient (Wildman–Crippen LogP) is 3.49. The highest BCUT2D eigenvalue weighted by molar-refractivity contribution is 5.31. The van der Waals surface area contributed by atoms with Crippen molar-refractivity contribution >= 4 is 0 Å². The van der Waals surface area contributed by atoms with Gasteiger partial charge in [-0.2, -0.15) is 0 Å². The highest BCUT2D eigenvalue weighted by atomic mass is 15.4. The zero-order valence-corrected chi connectivity index (χ0v) is 10.5. The molecule has 0 aliphatic carbocycles. The van der Waals surface area contributed by atoms with Gasteiger partial charge >= 0.3 is 0 Å². The Balaban J connectivity index is 3.08. The van der Waals surface area contributed by atoms with Crippen molar-refractivity contribution in [1.29, 1.82) is 0 Å². The molecule has 0 radical (unpaired) electrons. The molecule has 0 aromatic carbocycles. The fourth-order valence-corrected chi connectivity index (χ4v) is 2.67. The summed E-state index contributed by atoms with van der Waals surface area (Å²) in [4.78, 5) is 0. The van der Waals surface area contributed by atoms with Gasteiger partial charge in [-0.25, -0.2) is 0 Å². The van der Waals surface area contributed by atoms with Gasteiger partial charge in [-0.1, -0.05) is 13.0 Å². The summed E-state index contributed by atoms with van der Waals surface area (Å²) in [6.07, 6.45) is 4.73. The summed E-state index contributed by atoms with van der Waals surface area (Å²) in [5, 5.41) is 0. The fourth-order valence-electron chi connectivity index (χ4n) is 2.67. The Morgan fingerprint density at radius 2 is 2.07 bits per heavy atom. The number of likely N-dealkylation sites (N-methyl/N-ethyl adjacent to an activating group) is 1. The Morgan fingerprint density at radius 3 is 2.43 bits per heavy atom. The molecule has 1 rings (SSSR count). The second-order valence-electron chi connectivity index (χ2n) is 5.02. The van der Waals surface area contributed by atoms with Crippen LogP contribution >= 0.6 is 0 Å². The lowest BCUT2D eigenvalue weighted by Gasteiger charge is -2.32. The van der Waals surface area contributed by atoms with E-state index in [4.69, 9.17) is 0 Å². The summed E-state index contributed by atoms with van der Waals surface area (Å²) < 4.78 is 1.05. The quantitative estimate of drug-likeness (QED) is 0.590. The average molecular weight is 194 g/mol. The van der Waals surface area contributed by atoms with Crippen molar-refractivity contribution < 1.29 is 4.48 Å². The molecule has 1 heteroatoms. The maximum Gasteiger partial charge on any atom is 0.134 e. The molecule has 1 aliphatic rings. The van der Waals surface area contributed by atoms with E-state index < -0.39 is 0 Å². The van der Waals surface area contributed by atoms with Crippen LogP contribution in [0.2, 0.25) is 0 Å².